The highest BCUT2D eigenvalue weighted by molar-refractivity contribution is 5.22. The normalized spacial score (nSPS) is 18.4. The lowest BCUT2D eigenvalue weighted by Crippen LogP contribution is -2.14. The van der Waals surface area contributed by atoms with Crippen LogP contribution in [0, 0.1) is 12.8 Å². The van der Waals surface area contributed by atoms with Crippen molar-refractivity contribution in [3.8, 4) is 0 Å². The molecule has 1 fully saturated rings. The van der Waals surface area contributed by atoms with Crippen LogP contribution < -0.4 is 0 Å². The molecule has 1 aromatic rings. The van der Waals surface area contributed by atoms with Crippen molar-refractivity contribution in [3.63, 3.8) is 0 Å². The first-order valence-electron chi connectivity index (χ1n) is 7.48. The Bertz CT molecular complexity index is 306. The van der Waals surface area contributed by atoms with Gasteiger partial charge < -0.3 is 4.90 Å². The molecule has 1 aliphatic heterocycles. The van der Waals surface area contributed by atoms with Crippen molar-refractivity contribution in [1.29, 1.82) is 0 Å². The number of nitrogens with zero attached hydrogens (tertiary/aromatic N) is 1. The molecular weight excluding hydrogens is 218 g/mol. The van der Waals surface area contributed by atoms with E-state index in [0.29, 0.717) is 0 Å². The van der Waals surface area contributed by atoms with E-state index in [2.05, 4.69) is 43.1 Å². The first-order valence-corrected chi connectivity index (χ1v) is 7.48. The Kier molecular flexibility index (Phi) is 9.67. The Morgan fingerprint density at radius 2 is 1.83 bits per heavy atom. The summed E-state index contributed by atoms with van der Waals surface area (Å²) in [7, 11) is 2.22. The molecule has 2 rings (SSSR count). The van der Waals surface area contributed by atoms with Crippen LogP contribution in [0.4, 0.5) is 0 Å². The largest absolute Gasteiger partial charge is 0.306 e. The highest BCUT2D eigenvalue weighted by atomic mass is 15.1. The van der Waals surface area contributed by atoms with Gasteiger partial charge in [0.2, 0.25) is 0 Å². The molecule has 1 nitrogen and oxygen atoms in total. The van der Waals surface area contributed by atoms with Crippen molar-refractivity contribution in [3.05, 3.63) is 35.4 Å². The fourth-order valence-corrected chi connectivity index (χ4v) is 2.37. The van der Waals surface area contributed by atoms with Crippen LogP contribution in [0.5, 0.6) is 0 Å². The van der Waals surface area contributed by atoms with Crippen LogP contribution >= 0.6 is 0 Å². The summed E-state index contributed by atoms with van der Waals surface area (Å²) in [6.07, 6.45) is 2.62. The van der Waals surface area contributed by atoms with Gasteiger partial charge in [-0.3, -0.25) is 0 Å². The minimum atomic E-state index is 0.877. The second-order valence-corrected chi connectivity index (χ2v) is 4.61. The first kappa shape index (κ1) is 17.2. The van der Waals surface area contributed by atoms with E-state index in [1.165, 1.54) is 37.1 Å². The van der Waals surface area contributed by atoms with Gasteiger partial charge in [-0.25, -0.2) is 0 Å². The van der Waals surface area contributed by atoms with E-state index >= 15 is 0 Å². The van der Waals surface area contributed by atoms with Gasteiger partial charge in [0.15, 0.2) is 0 Å². The molecule has 0 spiro atoms. The molecule has 1 atom stereocenters. The summed E-state index contributed by atoms with van der Waals surface area (Å²) < 4.78 is 0. The summed E-state index contributed by atoms with van der Waals surface area (Å²) in [5.41, 5.74) is 2.89. The average Bonchev–Trinajstić information content (AvgIpc) is 2.80. The van der Waals surface area contributed by atoms with E-state index in [1.54, 1.807) is 0 Å². The third-order valence-corrected chi connectivity index (χ3v) is 3.10. The summed E-state index contributed by atoms with van der Waals surface area (Å²) in [6, 6.07) is 8.91. The number of aryl methyl sites for hydroxylation is 1. The van der Waals surface area contributed by atoms with E-state index < -0.39 is 0 Å². The monoisotopic (exact) mass is 249 g/mol. The molecule has 0 saturated carbocycles. The molecule has 1 unspecified atom stereocenters. The van der Waals surface area contributed by atoms with Crippen LogP contribution in [0.25, 0.3) is 0 Å². The number of likely N-dealkylation sites (tertiary alicyclic amines) is 1. The molecule has 1 heterocycles. The third kappa shape index (κ3) is 6.20. The van der Waals surface area contributed by atoms with E-state index in [4.69, 9.17) is 0 Å². The molecule has 1 saturated heterocycles. The lowest BCUT2D eigenvalue weighted by Gasteiger charge is -2.10. The van der Waals surface area contributed by atoms with Gasteiger partial charge >= 0.3 is 0 Å². The highest BCUT2D eigenvalue weighted by Crippen LogP contribution is 2.19. The number of rotatable bonds is 2. The molecule has 0 aliphatic carbocycles. The average molecular weight is 249 g/mol. The van der Waals surface area contributed by atoms with Crippen LogP contribution in [0.15, 0.2) is 24.3 Å². The molecule has 104 valence electrons. The van der Waals surface area contributed by atoms with Gasteiger partial charge in [0, 0.05) is 6.54 Å². The number of hydrogen-bond acceptors (Lipinski definition) is 1. The Hall–Kier alpha value is -0.820. The first-order chi connectivity index (χ1) is 8.74. The SMILES string of the molecule is CC.CC.Cc1cccc(CC2CCN(C)C2)c1. The third-order valence-electron chi connectivity index (χ3n) is 3.10. The smallest absolute Gasteiger partial charge is 0.00103 e. The molecule has 0 aromatic heterocycles. The number of benzene rings is 1. The van der Waals surface area contributed by atoms with E-state index in [1.807, 2.05) is 27.7 Å². The van der Waals surface area contributed by atoms with E-state index in [0.717, 1.165) is 5.92 Å². The minimum Gasteiger partial charge on any atom is -0.306 e. The van der Waals surface area contributed by atoms with Gasteiger partial charge in [-0.2, -0.15) is 0 Å². The van der Waals surface area contributed by atoms with Gasteiger partial charge in [-0.1, -0.05) is 57.5 Å². The Labute approximate surface area is 114 Å². The number of hydrogen-bond donors (Lipinski definition) is 0. The molecule has 18 heavy (non-hydrogen) atoms. The summed E-state index contributed by atoms with van der Waals surface area (Å²) in [4.78, 5) is 2.43. The van der Waals surface area contributed by atoms with Gasteiger partial charge in [0.25, 0.3) is 0 Å². The van der Waals surface area contributed by atoms with Crippen molar-refractivity contribution in [2.45, 2.75) is 47.5 Å². The standard InChI is InChI=1S/C13H19N.2C2H6/c1-11-4-3-5-12(8-11)9-13-6-7-14(2)10-13;2*1-2/h3-5,8,13H,6-7,9-10H2,1-2H3;2*1-2H3. The highest BCUT2D eigenvalue weighted by Gasteiger charge is 2.19. The predicted octanol–water partition coefficient (Wildman–Crippen LogP) is 4.54. The topological polar surface area (TPSA) is 3.24 Å². The predicted molar refractivity (Wildman–Crippen MR) is 83.2 cm³/mol. The summed E-state index contributed by atoms with van der Waals surface area (Å²) in [6.45, 7) is 12.7. The van der Waals surface area contributed by atoms with Gasteiger partial charge in [0.05, 0.1) is 0 Å². The summed E-state index contributed by atoms with van der Waals surface area (Å²) in [5, 5.41) is 0. The molecule has 1 aliphatic rings. The molecule has 0 bridgehead atoms. The minimum absolute atomic E-state index is 0.877. The summed E-state index contributed by atoms with van der Waals surface area (Å²) >= 11 is 0. The van der Waals surface area contributed by atoms with E-state index in [9.17, 15) is 0 Å². The van der Waals surface area contributed by atoms with Crippen LogP contribution in [-0.4, -0.2) is 25.0 Å². The Balaban J connectivity index is 0.000000659. The van der Waals surface area contributed by atoms with Crippen molar-refractivity contribution in [2.24, 2.45) is 5.92 Å². The Morgan fingerprint density at radius 3 is 2.33 bits per heavy atom. The van der Waals surface area contributed by atoms with Crippen LogP contribution in [0.3, 0.4) is 0 Å². The van der Waals surface area contributed by atoms with Crippen LogP contribution in [0.1, 0.15) is 45.2 Å². The van der Waals surface area contributed by atoms with Crippen LogP contribution in [0.2, 0.25) is 0 Å². The molecule has 0 N–H and O–H groups in total. The van der Waals surface area contributed by atoms with Crippen molar-refractivity contribution >= 4 is 0 Å². The van der Waals surface area contributed by atoms with Crippen molar-refractivity contribution < 1.29 is 0 Å². The summed E-state index contributed by atoms with van der Waals surface area (Å²) in [5.74, 6) is 0.877. The lowest BCUT2D eigenvalue weighted by molar-refractivity contribution is 0.394. The molecular formula is C17H31N. The zero-order valence-corrected chi connectivity index (χ0v) is 13.2. The van der Waals surface area contributed by atoms with Crippen molar-refractivity contribution in [2.75, 3.05) is 20.1 Å². The van der Waals surface area contributed by atoms with Crippen molar-refractivity contribution in [1.82, 2.24) is 4.90 Å². The fraction of sp³-hybridized carbons (Fsp3) is 0.647. The fourth-order valence-electron chi connectivity index (χ4n) is 2.37. The molecule has 0 radical (unpaired) electrons. The quantitative estimate of drug-likeness (QED) is 0.743. The van der Waals surface area contributed by atoms with Gasteiger partial charge in [-0.15, -0.1) is 0 Å². The molecule has 1 aromatic carbocycles. The second kappa shape index (κ2) is 10.1. The zero-order valence-electron chi connectivity index (χ0n) is 13.2. The molecule has 1 heteroatoms. The Morgan fingerprint density at radius 1 is 1.17 bits per heavy atom. The maximum Gasteiger partial charge on any atom is 0.00103 e. The van der Waals surface area contributed by atoms with Gasteiger partial charge in [-0.05, 0) is 44.8 Å². The maximum absolute atomic E-state index is 2.43. The van der Waals surface area contributed by atoms with Crippen LogP contribution in [-0.2, 0) is 6.42 Å². The zero-order chi connectivity index (χ0) is 14.0. The van der Waals surface area contributed by atoms with E-state index in [-0.39, 0.29) is 0 Å². The molecule has 0 amide bonds. The van der Waals surface area contributed by atoms with Gasteiger partial charge in [0.1, 0.15) is 0 Å². The second-order valence-electron chi connectivity index (χ2n) is 4.61. The maximum atomic E-state index is 2.43. The lowest BCUT2D eigenvalue weighted by atomic mass is 9.98.